The Morgan fingerprint density at radius 2 is 2.03 bits per heavy atom. The largest absolute Gasteiger partial charge is 0.342 e. The van der Waals surface area contributed by atoms with Gasteiger partial charge in [0.05, 0.1) is 21.3 Å². The minimum absolute atomic E-state index is 0.00997. The second-order valence-electron chi connectivity index (χ2n) is 7.23. The quantitative estimate of drug-likeness (QED) is 0.662. The zero-order valence-electron chi connectivity index (χ0n) is 16.8. The summed E-state index contributed by atoms with van der Waals surface area (Å²) in [6.07, 6.45) is 3.42. The van der Waals surface area contributed by atoms with Crippen LogP contribution in [0.4, 0.5) is 5.13 Å². The molecule has 0 aliphatic heterocycles. The maximum atomic E-state index is 11.6. The van der Waals surface area contributed by atoms with Crippen LogP contribution in [0.2, 0.25) is 5.02 Å². The van der Waals surface area contributed by atoms with Crippen LogP contribution >= 0.6 is 22.9 Å². The molecule has 1 aliphatic rings. The Morgan fingerprint density at radius 1 is 1.23 bits per heavy atom. The average Bonchev–Trinajstić information content (AvgIpc) is 3.11. The number of aromatic nitrogens is 3. The van der Waals surface area contributed by atoms with Gasteiger partial charge in [-0.1, -0.05) is 29.0 Å². The molecule has 154 valence electrons. The Bertz CT molecular complexity index is 1160. The Kier molecular flexibility index (Phi) is 5.53. The Labute approximate surface area is 183 Å². The summed E-state index contributed by atoms with van der Waals surface area (Å²) in [4.78, 5) is 39.4. The van der Waals surface area contributed by atoms with Crippen LogP contribution in [0.5, 0.6) is 0 Å². The lowest BCUT2D eigenvalue weighted by molar-refractivity contribution is -0.128. The molecule has 30 heavy (non-hydrogen) atoms. The smallest absolute Gasteiger partial charge is 0.223 e. The number of nitrogens with one attached hydrogen (secondary N) is 1. The third-order valence-corrected chi connectivity index (χ3v) is 6.27. The molecule has 3 aromatic rings. The zero-order chi connectivity index (χ0) is 21.4. The van der Waals surface area contributed by atoms with E-state index in [9.17, 15) is 9.59 Å². The number of hydrogen-bond acceptors (Lipinski definition) is 6. The molecule has 0 fully saturated rings. The van der Waals surface area contributed by atoms with Crippen LogP contribution < -0.4 is 5.32 Å². The molecule has 0 saturated heterocycles. The van der Waals surface area contributed by atoms with Crippen LogP contribution in [-0.4, -0.2) is 38.7 Å². The van der Waals surface area contributed by atoms with Gasteiger partial charge < -0.3 is 10.2 Å². The number of halogens is 1. The van der Waals surface area contributed by atoms with Crippen LogP contribution in [0.25, 0.3) is 22.0 Å². The summed E-state index contributed by atoms with van der Waals surface area (Å²) in [6, 6.07) is 5.61. The normalized spacial score (nSPS) is 12.1. The van der Waals surface area contributed by atoms with Crippen molar-refractivity contribution in [1.29, 1.82) is 0 Å². The molecule has 0 saturated carbocycles. The first kappa shape index (κ1) is 20.4. The highest BCUT2D eigenvalue weighted by atomic mass is 35.5. The van der Waals surface area contributed by atoms with E-state index < -0.39 is 0 Å². The predicted octanol–water partition coefficient (Wildman–Crippen LogP) is 3.96. The molecular formula is C21H20ClN5O2S. The summed E-state index contributed by atoms with van der Waals surface area (Å²) in [5.41, 5.74) is 4.47. The molecule has 0 radical (unpaired) electrons. The number of anilines is 1. The van der Waals surface area contributed by atoms with Crippen molar-refractivity contribution >= 4 is 39.9 Å². The van der Waals surface area contributed by atoms with Crippen molar-refractivity contribution in [3.8, 4) is 22.0 Å². The summed E-state index contributed by atoms with van der Waals surface area (Å²) in [5, 5.41) is 3.88. The summed E-state index contributed by atoms with van der Waals surface area (Å²) in [5.74, 6) is 0.362. The number of thiazole rings is 1. The van der Waals surface area contributed by atoms with Crippen molar-refractivity contribution in [3.05, 3.63) is 46.2 Å². The van der Waals surface area contributed by atoms with Gasteiger partial charge in [-0.15, -0.1) is 0 Å². The van der Waals surface area contributed by atoms with E-state index in [2.05, 4.69) is 15.3 Å². The van der Waals surface area contributed by atoms with Gasteiger partial charge in [0.2, 0.25) is 11.8 Å². The van der Waals surface area contributed by atoms with Gasteiger partial charge in [-0.2, -0.15) is 0 Å². The molecule has 1 aliphatic carbocycles. The summed E-state index contributed by atoms with van der Waals surface area (Å²) < 4.78 is 0. The number of benzene rings is 1. The fourth-order valence-electron chi connectivity index (χ4n) is 3.31. The lowest BCUT2D eigenvalue weighted by atomic mass is 9.99. The third kappa shape index (κ3) is 4.06. The Hall–Kier alpha value is -2.84. The van der Waals surface area contributed by atoms with Crippen LogP contribution in [0, 0.1) is 0 Å². The highest BCUT2D eigenvalue weighted by Gasteiger charge is 2.24. The van der Waals surface area contributed by atoms with Crippen LogP contribution in [-0.2, 0) is 29.0 Å². The molecule has 4 rings (SSSR count). The van der Waals surface area contributed by atoms with E-state index in [0.29, 0.717) is 28.1 Å². The topological polar surface area (TPSA) is 88.1 Å². The minimum atomic E-state index is -0.149. The number of aryl methyl sites for hydroxylation is 2. The molecule has 0 bridgehead atoms. The van der Waals surface area contributed by atoms with Gasteiger partial charge in [0.15, 0.2) is 11.0 Å². The van der Waals surface area contributed by atoms with Crippen molar-refractivity contribution in [1.82, 2.24) is 19.9 Å². The monoisotopic (exact) mass is 441 g/mol. The van der Waals surface area contributed by atoms with Crippen molar-refractivity contribution in [2.24, 2.45) is 0 Å². The van der Waals surface area contributed by atoms with Crippen molar-refractivity contribution in [3.63, 3.8) is 0 Å². The number of carbonyl (C=O) groups is 2. The van der Waals surface area contributed by atoms with E-state index in [1.807, 2.05) is 18.3 Å². The van der Waals surface area contributed by atoms with E-state index in [1.54, 1.807) is 18.0 Å². The molecule has 1 aromatic carbocycles. The van der Waals surface area contributed by atoms with Crippen LogP contribution in [0.1, 0.15) is 30.7 Å². The molecule has 2 heterocycles. The number of carbonyl (C=O) groups excluding carboxylic acids is 2. The molecule has 0 spiro atoms. The second-order valence-corrected chi connectivity index (χ2v) is 8.64. The van der Waals surface area contributed by atoms with Crippen molar-refractivity contribution in [2.45, 2.75) is 33.2 Å². The maximum Gasteiger partial charge on any atom is 0.223 e. The number of nitrogens with zero attached hydrogens (tertiary/aromatic N) is 4. The van der Waals surface area contributed by atoms with Gasteiger partial charge in [-0.3, -0.25) is 9.59 Å². The van der Waals surface area contributed by atoms with Gasteiger partial charge in [0.25, 0.3) is 0 Å². The summed E-state index contributed by atoms with van der Waals surface area (Å²) >= 11 is 7.88. The molecular weight excluding hydrogens is 422 g/mol. The van der Waals surface area contributed by atoms with E-state index in [0.717, 1.165) is 40.2 Å². The fraction of sp³-hybridized carbons (Fsp3) is 0.286. The van der Waals surface area contributed by atoms with Crippen molar-refractivity contribution < 1.29 is 9.59 Å². The van der Waals surface area contributed by atoms with Gasteiger partial charge in [-0.05, 0) is 36.1 Å². The highest BCUT2D eigenvalue weighted by molar-refractivity contribution is 7.19. The standard InChI is InChI=1S/C21H20ClN5O2S/c1-11(28)24-21-25-17-7-5-14-9-23-20(26-18(14)19(17)30-21)15-8-13(4-6-16(15)22)10-27(3)12(2)29/h4,6,8-9H,5,7,10H2,1-3H3,(H,24,25,28). The molecule has 2 amide bonds. The summed E-state index contributed by atoms with van der Waals surface area (Å²) in [7, 11) is 1.75. The number of amides is 2. The molecule has 1 N–H and O–H groups in total. The second kappa shape index (κ2) is 8.12. The van der Waals surface area contributed by atoms with Crippen LogP contribution in [0.15, 0.2) is 24.4 Å². The average molecular weight is 442 g/mol. The van der Waals surface area contributed by atoms with Gasteiger partial charge in [0.1, 0.15) is 0 Å². The van der Waals surface area contributed by atoms with Crippen molar-refractivity contribution in [2.75, 3.05) is 12.4 Å². The molecule has 0 atom stereocenters. The first-order valence-corrected chi connectivity index (χ1v) is 10.7. The van der Waals surface area contributed by atoms with E-state index in [4.69, 9.17) is 16.6 Å². The van der Waals surface area contributed by atoms with Gasteiger partial charge in [0, 0.05) is 39.2 Å². The van der Waals surface area contributed by atoms with E-state index in [-0.39, 0.29) is 11.8 Å². The number of hydrogen-bond donors (Lipinski definition) is 1. The van der Waals surface area contributed by atoms with E-state index in [1.165, 1.54) is 25.2 Å². The minimum Gasteiger partial charge on any atom is -0.342 e. The molecule has 0 unspecified atom stereocenters. The SMILES string of the molecule is CC(=O)Nc1nc2c(s1)-c1nc(-c3cc(CN(C)C(C)=O)ccc3Cl)ncc1CC2. The maximum absolute atomic E-state index is 11.6. The number of rotatable bonds is 4. The highest BCUT2D eigenvalue weighted by Crippen LogP contribution is 2.39. The Morgan fingerprint density at radius 3 is 2.77 bits per heavy atom. The lowest BCUT2D eigenvalue weighted by Crippen LogP contribution is -2.23. The van der Waals surface area contributed by atoms with E-state index >= 15 is 0 Å². The predicted molar refractivity (Wildman–Crippen MR) is 117 cm³/mol. The Balaban J connectivity index is 1.73. The third-order valence-electron chi connectivity index (χ3n) is 4.92. The lowest BCUT2D eigenvalue weighted by Gasteiger charge is -2.17. The number of fused-ring (bicyclic) bond motifs is 3. The molecule has 9 heteroatoms. The van der Waals surface area contributed by atoms with Gasteiger partial charge >= 0.3 is 0 Å². The zero-order valence-corrected chi connectivity index (χ0v) is 18.4. The molecule has 2 aromatic heterocycles. The summed E-state index contributed by atoms with van der Waals surface area (Å²) in [6.45, 7) is 3.47. The fourth-order valence-corrected chi connectivity index (χ4v) is 4.59. The molecule has 7 nitrogen and oxygen atoms in total. The van der Waals surface area contributed by atoms with Crippen LogP contribution in [0.3, 0.4) is 0 Å². The first-order valence-electron chi connectivity index (χ1n) is 9.46. The first-order chi connectivity index (χ1) is 14.3. The van der Waals surface area contributed by atoms with Gasteiger partial charge in [-0.25, -0.2) is 15.0 Å².